The third kappa shape index (κ3) is 5.04. The number of ether oxygens (including phenoxy) is 1. The Morgan fingerprint density at radius 3 is 2.40 bits per heavy atom. The van der Waals surface area contributed by atoms with Gasteiger partial charge in [-0.2, -0.15) is 0 Å². The van der Waals surface area contributed by atoms with Crippen LogP contribution in [-0.2, 0) is 9.53 Å². The van der Waals surface area contributed by atoms with Crippen LogP contribution in [0.15, 0.2) is 48.5 Å². The summed E-state index contributed by atoms with van der Waals surface area (Å²) in [6.45, 7) is 5.80. The summed E-state index contributed by atoms with van der Waals surface area (Å²) in [6.07, 6.45) is 0.0950. The molecule has 0 saturated heterocycles. The van der Waals surface area contributed by atoms with Gasteiger partial charge in [-0.25, -0.2) is 4.79 Å². The average molecular weight is 451 g/mol. The monoisotopic (exact) mass is 451 g/mol. The number of esters is 1. The lowest BCUT2D eigenvalue weighted by Crippen LogP contribution is -2.30. The molecule has 0 aromatic heterocycles. The Kier molecular flexibility index (Phi) is 6.99. The average Bonchev–Trinajstić information content (AvgIpc) is 2.61. The van der Waals surface area contributed by atoms with Gasteiger partial charge in [-0.3, -0.25) is 4.79 Å². The number of hydrogen-bond donors (Lipinski definition) is 1. The summed E-state index contributed by atoms with van der Waals surface area (Å²) in [5, 5.41) is 2.88. The van der Waals surface area contributed by atoms with Crippen LogP contribution in [0.1, 0.15) is 49.0 Å². The molecule has 2 unspecified atom stereocenters. The molecular weight excluding hydrogens is 429 g/mol. The molecule has 5 heteroatoms. The number of carbonyl (C=O) groups excluding carboxylic acids is 2. The summed E-state index contributed by atoms with van der Waals surface area (Å²) < 4.78 is 6.11. The molecule has 0 heterocycles. The SMILES string of the molecule is CCC(C)c1ccccc1NC(=O)C(C)OC(=O)c1ccccc1I. The first-order chi connectivity index (χ1) is 11.9. The van der Waals surface area contributed by atoms with Crippen molar-refractivity contribution >= 4 is 40.2 Å². The van der Waals surface area contributed by atoms with Crippen molar-refractivity contribution < 1.29 is 14.3 Å². The van der Waals surface area contributed by atoms with Gasteiger partial charge in [0.05, 0.1) is 5.56 Å². The highest BCUT2D eigenvalue weighted by Gasteiger charge is 2.21. The highest BCUT2D eigenvalue weighted by molar-refractivity contribution is 14.1. The summed E-state index contributed by atoms with van der Waals surface area (Å²) >= 11 is 2.07. The lowest BCUT2D eigenvalue weighted by molar-refractivity contribution is -0.123. The Morgan fingerprint density at radius 1 is 1.08 bits per heavy atom. The van der Waals surface area contributed by atoms with Crippen LogP contribution in [0, 0.1) is 3.57 Å². The number of nitrogens with one attached hydrogen (secondary N) is 1. The predicted octanol–water partition coefficient (Wildman–Crippen LogP) is 4.99. The van der Waals surface area contributed by atoms with Crippen LogP contribution in [0.5, 0.6) is 0 Å². The molecule has 0 fully saturated rings. The molecule has 0 spiro atoms. The Hall–Kier alpha value is -1.89. The predicted molar refractivity (Wildman–Crippen MR) is 108 cm³/mol. The van der Waals surface area contributed by atoms with Crippen molar-refractivity contribution in [2.75, 3.05) is 5.32 Å². The van der Waals surface area contributed by atoms with Crippen LogP contribution in [0.2, 0.25) is 0 Å². The molecular formula is C20H22INO3. The molecule has 2 atom stereocenters. The molecule has 1 amide bonds. The van der Waals surface area contributed by atoms with E-state index in [9.17, 15) is 9.59 Å². The Morgan fingerprint density at radius 2 is 1.72 bits per heavy atom. The van der Waals surface area contributed by atoms with Crippen LogP contribution in [0.3, 0.4) is 0 Å². The minimum absolute atomic E-state index is 0.334. The zero-order valence-corrected chi connectivity index (χ0v) is 16.7. The first-order valence-electron chi connectivity index (χ1n) is 8.29. The first-order valence-corrected chi connectivity index (χ1v) is 9.37. The molecule has 0 bridgehead atoms. The van der Waals surface area contributed by atoms with Gasteiger partial charge < -0.3 is 10.1 Å². The third-order valence-electron chi connectivity index (χ3n) is 4.11. The van der Waals surface area contributed by atoms with E-state index in [-0.39, 0.29) is 5.91 Å². The fraction of sp³-hybridized carbons (Fsp3) is 0.300. The van der Waals surface area contributed by atoms with E-state index >= 15 is 0 Å². The molecule has 0 saturated carbocycles. The molecule has 25 heavy (non-hydrogen) atoms. The summed E-state index contributed by atoms with van der Waals surface area (Å²) in [7, 11) is 0. The van der Waals surface area contributed by atoms with Gasteiger partial charge in [0.25, 0.3) is 5.91 Å². The smallest absolute Gasteiger partial charge is 0.339 e. The second-order valence-electron chi connectivity index (χ2n) is 5.91. The summed E-state index contributed by atoms with van der Waals surface area (Å²) in [4.78, 5) is 24.7. The largest absolute Gasteiger partial charge is 0.449 e. The van der Waals surface area contributed by atoms with Crippen LogP contribution in [-0.4, -0.2) is 18.0 Å². The summed E-state index contributed by atoms with van der Waals surface area (Å²) in [5.74, 6) is -0.502. The topological polar surface area (TPSA) is 55.4 Å². The number of anilines is 1. The Bertz CT molecular complexity index is 760. The van der Waals surface area contributed by atoms with Gasteiger partial charge in [0, 0.05) is 9.26 Å². The zero-order chi connectivity index (χ0) is 18.4. The van der Waals surface area contributed by atoms with Gasteiger partial charge in [-0.15, -0.1) is 0 Å². The number of carbonyl (C=O) groups is 2. The minimum Gasteiger partial charge on any atom is -0.449 e. The normalized spacial score (nSPS) is 13.0. The highest BCUT2D eigenvalue weighted by atomic mass is 127. The van der Waals surface area contributed by atoms with Crippen LogP contribution in [0.4, 0.5) is 5.69 Å². The number of para-hydroxylation sites is 1. The van der Waals surface area contributed by atoms with E-state index < -0.39 is 12.1 Å². The van der Waals surface area contributed by atoms with Crippen molar-refractivity contribution in [3.05, 3.63) is 63.2 Å². The zero-order valence-electron chi connectivity index (χ0n) is 14.6. The lowest BCUT2D eigenvalue weighted by atomic mass is 9.97. The van der Waals surface area contributed by atoms with Crippen LogP contribution in [0.25, 0.3) is 0 Å². The first kappa shape index (κ1) is 19.4. The molecule has 0 aliphatic rings. The summed E-state index contributed by atoms with van der Waals surface area (Å²) in [5.41, 5.74) is 2.30. The molecule has 2 rings (SSSR count). The number of amides is 1. The maximum Gasteiger partial charge on any atom is 0.339 e. The van der Waals surface area contributed by atoms with E-state index in [4.69, 9.17) is 4.74 Å². The van der Waals surface area contributed by atoms with Crippen molar-refractivity contribution in [2.45, 2.75) is 39.2 Å². The van der Waals surface area contributed by atoms with E-state index in [1.807, 2.05) is 36.4 Å². The standard InChI is InChI=1S/C20H22INO3/c1-4-13(2)15-9-6-8-12-18(15)22-19(23)14(3)25-20(24)16-10-5-7-11-17(16)21/h5-14H,4H2,1-3H3,(H,22,23). The molecule has 0 aliphatic carbocycles. The summed E-state index contributed by atoms with van der Waals surface area (Å²) in [6, 6.07) is 14.8. The number of benzene rings is 2. The van der Waals surface area contributed by atoms with Crippen molar-refractivity contribution in [3.63, 3.8) is 0 Å². The molecule has 2 aromatic rings. The maximum atomic E-state index is 12.4. The second-order valence-corrected chi connectivity index (χ2v) is 7.08. The van der Waals surface area contributed by atoms with E-state index in [0.717, 1.165) is 21.2 Å². The minimum atomic E-state index is -0.881. The van der Waals surface area contributed by atoms with Crippen molar-refractivity contribution in [1.82, 2.24) is 0 Å². The van der Waals surface area contributed by atoms with Gasteiger partial charge in [0.15, 0.2) is 6.10 Å². The molecule has 4 nitrogen and oxygen atoms in total. The van der Waals surface area contributed by atoms with Gasteiger partial charge in [0.1, 0.15) is 0 Å². The van der Waals surface area contributed by atoms with Crippen molar-refractivity contribution in [2.24, 2.45) is 0 Å². The molecule has 132 valence electrons. The Labute approximate surface area is 162 Å². The molecule has 0 aliphatic heterocycles. The third-order valence-corrected chi connectivity index (χ3v) is 5.05. The van der Waals surface area contributed by atoms with Gasteiger partial charge in [-0.1, -0.05) is 44.2 Å². The number of hydrogen-bond acceptors (Lipinski definition) is 3. The maximum absolute atomic E-state index is 12.4. The molecule has 1 N–H and O–H groups in total. The van der Waals surface area contributed by atoms with Gasteiger partial charge in [-0.05, 0) is 65.6 Å². The molecule has 0 radical (unpaired) electrons. The second kappa shape index (κ2) is 8.99. The number of halogens is 1. The van der Waals surface area contributed by atoms with Crippen LogP contribution >= 0.6 is 22.6 Å². The quantitative estimate of drug-likeness (QED) is 0.498. The number of rotatable bonds is 6. The van der Waals surface area contributed by atoms with Gasteiger partial charge >= 0.3 is 5.97 Å². The van der Waals surface area contributed by atoms with Crippen LogP contribution < -0.4 is 5.32 Å². The van der Waals surface area contributed by atoms with Crippen molar-refractivity contribution in [1.29, 1.82) is 0 Å². The van der Waals surface area contributed by atoms with E-state index in [2.05, 4.69) is 41.8 Å². The Balaban J connectivity index is 2.06. The van der Waals surface area contributed by atoms with E-state index in [0.29, 0.717) is 11.5 Å². The van der Waals surface area contributed by atoms with Crippen molar-refractivity contribution in [3.8, 4) is 0 Å². The lowest BCUT2D eigenvalue weighted by Gasteiger charge is -2.18. The highest BCUT2D eigenvalue weighted by Crippen LogP contribution is 2.26. The fourth-order valence-electron chi connectivity index (χ4n) is 2.40. The molecule has 2 aromatic carbocycles. The van der Waals surface area contributed by atoms with Gasteiger partial charge in [0.2, 0.25) is 0 Å². The fourth-order valence-corrected chi connectivity index (χ4v) is 3.01. The van der Waals surface area contributed by atoms with E-state index in [1.54, 1.807) is 19.1 Å². The van der Waals surface area contributed by atoms with E-state index in [1.165, 1.54) is 0 Å².